The van der Waals surface area contributed by atoms with Crippen molar-refractivity contribution in [1.29, 1.82) is 0 Å². The summed E-state index contributed by atoms with van der Waals surface area (Å²) in [6.45, 7) is 4.81. The van der Waals surface area contributed by atoms with Gasteiger partial charge in [-0.2, -0.15) is 0 Å². The maximum atomic E-state index is 5.61. The predicted octanol–water partition coefficient (Wildman–Crippen LogP) is 4.40. The first kappa shape index (κ1) is 16.7. The molecular formula is C21H22N2O3. The van der Waals surface area contributed by atoms with E-state index in [9.17, 15) is 0 Å². The van der Waals surface area contributed by atoms with Gasteiger partial charge in [-0.15, -0.1) is 0 Å². The van der Waals surface area contributed by atoms with Gasteiger partial charge in [0.05, 0.1) is 13.4 Å². The summed E-state index contributed by atoms with van der Waals surface area (Å²) in [5.41, 5.74) is 4.38. The summed E-state index contributed by atoms with van der Waals surface area (Å²) < 4.78 is 16.3. The van der Waals surface area contributed by atoms with E-state index in [1.54, 1.807) is 13.4 Å². The summed E-state index contributed by atoms with van der Waals surface area (Å²) in [4.78, 5) is 2.41. The number of hydrogen-bond acceptors (Lipinski definition) is 5. The van der Waals surface area contributed by atoms with Gasteiger partial charge in [-0.3, -0.25) is 4.90 Å². The van der Waals surface area contributed by atoms with Gasteiger partial charge in [-0.05, 0) is 37.3 Å². The van der Waals surface area contributed by atoms with Crippen LogP contribution in [-0.4, -0.2) is 30.3 Å². The van der Waals surface area contributed by atoms with Crippen LogP contribution in [0.5, 0.6) is 5.75 Å². The average Bonchev–Trinajstić information content (AvgIpc) is 3.31. The molecule has 0 saturated heterocycles. The average molecular weight is 350 g/mol. The molecule has 5 nitrogen and oxygen atoms in total. The van der Waals surface area contributed by atoms with Gasteiger partial charge in [-0.25, -0.2) is 0 Å². The Kier molecular flexibility index (Phi) is 4.63. The molecule has 4 rings (SSSR count). The molecule has 0 atom stereocenters. The van der Waals surface area contributed by atoms with Crippen LogP contribution in [0.15, 0.2) is 57.2 Å². The van der Waals surface area contributed by atoms with E-state index in [-0.39, 0.29) is 0 Å². The van der Waals surface area contributed by atoms with E-state index in [2.05, 4.69) is 23.1 Å². The van der Waals surface area contributed by atoms with Crippen LogP contribution in [0, 0.1) is 0 Å². The van der Waals surface area contributed by atoms with Crippen molar-refractivity contribution in [2.45, 2.75) is 19.9 Å². The molecule has 3 aromatic rings. The fraction of sp³-hybridized carbons (Fsp3) is 0.286. The first-order valence-corrected chi connectivity index (χ1v) is 8.78. The smallest absolute Gasteiger partial charge is 0.143 e. The second-order valence-electron chi connectivity index (χ2n) is 6.63. The maximum Gasteiger partial charge on any atom is 0.143 e. The summed E-state index contributed by atoms with van der Waals surface area (Å²) in [5.74, 6) is 2.71. The molecule has 2 aromatic heterocycles. The Labute approximate surface area is 152 Å². The minimum atomic E-state index is 0.823. The highest BCUT2D eigenvalue weighted by Gasteiger charge is 2.25. The monoisotopic (exact) mass is 350 g/mol. The number of fused-ring (bicyclic) bond motifs is 1. The van der Waals surface area contributed by atoms with Crippen LogP contribution in [0.3, 0.4) is 0 Å². The molecule has 1 aliphatic heterocycles. The van der Waals surface area contributed by atoms with E-state index in [4.69, 9.17) is 13.7 Å². The zero-order valence-electron chi connectivity index (χ0n) is 15.1. The van der Waals surface area contributed by atoms with Crippen LogP contribution in [0.4, 0.5) is 0 Å². The molecule has 0 radical (unpaired) electrons. The Bertz CT molecular complexity index is 909. The lowest BCUT2D eigenvalue weighted by Gasteiger charge is -2.26. The van der Waals surface area contributed by atoms with E-state index in [0.717, 1.165) is 54.6 Å². The molecule has 0 aliphatic carbocycles. The van der Waals surface area contributed by atoms with Crippen molar-refractivity contribution < 1.29 is 13.7 Å². The van der Waals surface area contributed by atoms with E-state index >= 15 is 0 Å². The van der Waals surface area contributed by atoms with Crippen LogP contribution in [0.2, 0.25) is 0 Å². The second-order valence-corrected chi connectivity index (χ2v) is 6.63. The zero-order chi connectivity index (χ0) is 17.9. The lowest BCUT2D eigenvalue weighted by Crippen LogP contribution is -2.31. The molecule has 0 bridgehead atoms. The van der Waals surface area contributed by atoms with Crippen molar-refractivity contribution in [3.8, 4) is 17.0 Å². The number of rotatable bonds is 5. The van der Waals surface area contributed by atoms with E-state index in [0.29, 0.717) is 0 Å². The molecule has 3 heterocycles. The molecule has 0 fully saturated rings. The molecule has 134 valence electrons. The topological polar surface area (TPSA) is 51.6 Å². The number of ether oxygens (including phenoxy) is 1. The van der Waals surface area contributed by atoms with Gasteiger partial charge in [0.1, 0.15) is 23.0 Å². The van der Waals surface area contributed by atoms with E-state index < -0.39 is 0 Å². The minimum absolute atomic E-state index is 0.823. The summed E-state index contributed by atoms with van der Waals surface area (Å²) in [5, 5.41) is 4.33. The highest BCUT2D eigenvalue weighted by molar-refractivity contribution is 5.65. The Balaban J connectivity index is 1.54. The van der Waals surface area contributed by atoms with Crippen LogP contribution in [0.1, 0.15) is 24.0 Å². The van der Waals surface area contributed by atoms with Crippen molar-refractivity contribution >= 4 is 6.08 Å². The maximum absolute atomic E-state index is 5.61. The molecule has 1 aromatic carbocycles. The molecule has 0 saturated carbocycles. The highest BCUT2D eigenvalue weighted by atomic mass is 16.5. The number of hydrogen-bond donors (Lipinski definition) is 0. The Morgan fingerprint density at radius 3 is 3.04 bits per heavy atom. The SMILES string of the molecule is COc1cccc(-c2noc3c2CN(C/C(C)=C/c2ccco2)CC3)c1. The van der Waals surface area contributed by atoms with Crippen LogP contribution in [0.25, 0.3) is 17.3 Å². The van der Waals surface area contributed by atoms with E-state index in [1.165, 1.54) is 11.1 Å². The fourth-order valence-electron chi connectivity index (χ4n) is 3.41. The van der Waals surface area contributed by atoms with Gasteiger partial charge in [0.2, 0.25) is 0 Å². The molecule has 1 aliphatic rings. The molecule has 0 N–H and O–H groups in total. The van der Waals surface area contributed by atoms with Crippen molar-refractivity contribution in [3.63, 3.8) is 0 Å². The third-order valence-corrected chi connectivity index (χ3v) is 4.65. The first-order chi connectivity index (χ1) is 12.7. The van der Waals surface area contributed by atoms with Crippen molar-refractivity contribution in [1.82, 2.24) is 10.1 Å². The number of furan rings is 1. The van der Waals surface area contributed by atoms with Crippen molar-refractivity contribution in [3.05, 3.63) is 65.3 Å². The minimum Gasteiger partial charge on any atom is -0.497 e. The Morgan fingerprint density at radius 1 is 1.31 bits per heavy atom. The molecule has 0 amide bonds. The van der Waals surface area contributed by atoms with Crippen molar-refractivity contribution in [2.75, 3.05) is 20.2 Å². The van der Waals surface area contributed by atoms with Crippen LogP contribution >= 0.6 is 0 Å². The summed E-state index contributed by atoms with van der Waals surface area (Å²) in [7, 11) is 1.67. The molecule has 0 unspecified atom stereocenters. The summed E-state index contributed by atoms with van der Waals surface area (Å²) in [6.07, 6.45) is 4.66. The van der Waals surface area contributed by atoms with Gasteiger partial charge in [0.15, 0.2) is 0 Å². The number of benzene rings is 1. The number of aromatic nitrogens is 1. The third kappa shape index (κ3) is 3.44. The third-order valence-electron chi connectivity index (χ3n) is 4.65. The Hall–Kier alpha value is -2.79. The summed E-state index contributed by atoms with van der Waals surface area (Å²) in [6, 6.07) is 11.8. The normalized spacial score (nSPS) is 15.1. The van der Waals surface area contributed by atoms with Gasteiger partial charge >= 0.3 is 0 Å². The number of methoxy groups -OCH3 is 1. The first-order valence-electron chi connectivity index (χ1n) is 8.78. The molecular weight excluding hydrogens is 328 g/mol. The molecule has 26 heavy (non-hydrogen) atoms. The van der Waals surface area contributed by atoms with Gasteiger partial charge < -0.3 is 13.7 Å². The lowest BCUT2D eigenvalue weighted by atomic mass is 10.0. The Morgan fingerprint density at radius 2 is 2.23 bits per heavy atom. The lowest BCUT2D eigenvalue weighted by molar-refractivity contribution is 0.254. The van der Waals surface area contributed by atoms with Gasteiger partial charge in [-0.1, -0.05) is 22.9 Å². The highest BCUT2D eigenvalue weighted by Crippen LogP contribution is 2.31. The number of nitrogens with zero attached hydrogens (tertiary/aromatic N) is 2. The quantitative estimate of drug-likeness (QED) is 0.682. The van der Waals surface area contributed by atoms with Crippen LogP contribution in [-0.2, 0) is 13.0 Å². The van der Waals surface area contributed by atoms with Gasteiger partial charge in [0, 0.05) is 37.2 Å². The largest absolute Gasteiger partial charge is 0.497 e. The molecule has 5 heteroatoms. The predicted molar refractivity (Wildman–Crippen MR) is 99.8 cm³/mol. The van der Waals surface area contributed by atoms with Crippen molar-refractivity contribution in [2.24, 2.45) is 0 Å². The standard InChI is InChI=1S/C21H22N2O3/c1-15(11-18-7-4-10-25-18)13-23-9-8-20-19(14-23)21(22-26-20)16-5-3-6-17(12-16)24-2/h3-7,10-12H,8-9,13-14H2,1-2H3/b15-11+. The van der Waals surface area contributed by atoms with Crippen LogP contribution < -0.4 is 4.74 Å². The summed E-state index contributed by atoms with van der Waals surface area (Å²) >= 11 is 0. The van der Waals surface area contributed by atoms with E-state index in [1.807, 2.05) is 36.4 Å². The zero-order valence-corrected chi connectivity index (χ0v) is 15.1. The van der Waals surface area contributed by atoms with Gasteiger partial charge in [0.25, 0.3) is 0 Å². The second kappa shape index (κ2) is 7.22. The molecule has 0 spiro atoms. The fourth-order valence-corrected chi connectivity index (χ4v) is 3.41.